The first-order chi connectivity index (χ1) is 11.1. The van der Waals surface area contributed by atoms with Crippen LogP contribution in [-0.4, -0.2) is 25.7 Å². The summed E-state index contributed by atoms with van der Waals surface area (Å²) in [4.78, 5) is 16.7. The van der Waals surface area contributed by atoms with Crippen molar-refractivity contribution in [1.82, 2.24) is 19.7 Å². The van der Waals surface area contributed by atoms with Crippen molar-refractivity contribution in [2.45, 2.75) is 32.2 Å². The number of H-pyrrole nitrogens is 1. The minimum Gasteiger partial charge on any atom is -0.346 e. The zero-order valence-corrected chi connectivity index (χ0v) is 13.9. The number of amides is 1. The highest BCUT2D eigenvalue weighted by atomic mass is 32.1. The number of aromatic amines is 1. The largest absolute Gasteiger partial charge is 0.346 e. The van der Waals surface area contributed by atoms with Gasteiger partial charge >= 0.3 is 0 Å². The third-order valence-electron chi connectivity index (χ3n) is 3.59. The third-order valence-corrected chi connectivity index (χ3v) is 4.30. The van der Waals surface area contributed by atoms with Crippen molar-refractivity contribution in [3.05, 3.63) is 52.7 Å². The number of carbonyl (C=O) groups excluding carboxylic acids is 1. The van der Waals surface area contributed by atoms with Crippen molar-refractivity contribution in [1.29, 1.82) is 0 Å². The molecule has 3 heterocycles. The molecule has 23 heavy (non-hydrogen) atoms. The Bertz CT molecular complexity index is 711. The molecule has 0 aliphatic rings. The SMILES string of the molecule is CC(C)c1nc(NC(=O)C[C@H](c2ccsc2)n2cccc2)n[nH]1. The first kappa shape index (κ1) is 15.5. The van der Waals surface area contributed by atoms with E-state index in [9.17, 15) is 4.79 Å². The highest BCUT2D eigenvalue weighted by Crippen LogP contribution is 2.25. The fraction of sp³-hybridized carbons (Fsp3) is 0.312. The number of nitrogens with zero attached hydrogens (tertiary/aromatic N) is 3. The molecule has 0 unspecified atom stereocenters. The van der Waals surface area contributed by atoms with E-state index in [0.717, 1.165) is 11.4 Å². The van der Waals surface area contributed by atoms with Gasteiger partial charge in [-0.1, -0.05) is 13.8 Å². The number of anilines is 1. The number of hydrogen-bond donors (Lipinski definition) is 2. The van der Waals surface area contributed by atoms with Crippen molar-refractivity contribution >= 4 is 23.2 Å². The van der Waals surface area contributed by atoms with Gasteiger partial charge < -0.3 is 4.57 Å². The summed E-state index contributed by atoms with van der Waals surface area (Å²) in [6.07, 6.45) is 4.27. The van der Waals surface area contributed by atoms with Crippen LogP contribution in [0.1, 0.15) is 43.6 Å². The topological polar surface area (TPSA) is 75.6 Å². The third kappa shape index (κ3) is 3.68. The Kier molecular flexibility index (Phi) is 4.57. The van der Waals surface area contributed by atoms with Crippen LogP contribution < -0.4 is 5.32 Å². The second-order valence-electron chi connectivity index (χ2n) is 5.65. The van der Waals surface area contributed by atoms with Gasteiger partial charge in [-0.2, -0.15) is 16.3 Å². The maximum Gasteiger partial charge on any atom is 0.248 e. The van der Waals surface area contributed by atoms with E-state index in [4.69, 9.17) is 0 Å². The van der Waals surface area contributed by atoms with Crippen molar-refractivity contribution in [3.63, 3.8) is 0 Å². The molecule has 1 amide bonds. The first-order valence-electron chi connectivity index (χ1n) is 7.50. The van der Waals surface area contributed by atoms with Crippen LogP contribution in [-0.2, 0) is 4.79 Å². The van der Waals surface area contributed by atoms with Crippen LogP contribution in [0.2, 0.25) is 0 Å². The molecule has 0 spiro atoms. The molecule has 2 N–H and O–H groups in total. The number of thiophene rings is 1. The van der Waals surface area contributed by atoms with Gasteiger partial charge in [-0.25, -0.2) is 0 Å². The van der Waals surface area contributed by atoms with Crippen LogP contribution in [0.25, 0.3) is 0 Å². The van der Waals surface area contributed by atoms with Crippen LogP contribution in [0.3, 0.4) is 0 Å². The van der Waals surface area contributed by atoms with Gasteiger partial charge in [0, 0.05) is 18.3 Å². The lowest BCUT2D eigenvalue weighted by molar-refractivity contribution is -0.116. The second-order valence-corrected chi connectivity index (χ2v) is 6.43. The molecule has 3 aromatic heterocycles. The summed E-state index contributed by atoms with van der Waals surface area (Å²) < 4.78 is 2.04. The lowest BCUT2D eigenvalue weighted by atomic mass is 10.1. The van der Waals surface area contributed by atoms with Gasteiger partial charge in [0.2, 0.25) is 11.9 Å². The van der Waals surface area contributed by atoms with Gasteiger partial charge in [-0.3, -0.25) is 15.2 Å². The molecule has 0 aliphatic carbocycles. The van der Waals surface area contributed by atoms with E-state index < -0.39 is 0 Å². The highest BCUT2D eigenvalue weighted by Gasteiger charge is 2.19. The average molecular weight is 329 g/mol. The normalized spacial score (nSPS) is 12.5. The summed E-state index contributed by atoms with van der Waals surface area (Å²) in [6.45, 7) is 4.04. The van der Waals surface area contributed by atoms with E-state index >= 15 is 0 Å². The molecule has 0 fully saturated rings. The molecule has 0 saturated carbocycles. The van der Waals surface area contributed by atoms with Crippen molar-refractivity contribution in [3.8, 4) is 0 Å². The molecule has 120 valence electrons. The molecule has 3 aromatic rings. The molecule has 0 saturated heterocycles. The summed E-state index contributed by atoms with van der Waals surface area (Å²) >= 11 is 1.63. The van der Waals surface area contributed by atoms with Crippen LogP contribution in [0, 0.1) is 0 Å². The molecule has 3 rings (SSSR count). The van der Waals surface area contributed by atoms with Gasteiger partial charge in [-0.05, 0) is 34.5 Å². The Hall–Kier alpha value is -2.41. The van der Waals surface area contributed by atoms with Gasteiger partial charge in [0.1, 0.15) is 5.82 Å². The summed E-state index contributed by atoms with van der Waals surface area (Å²) in [7, 11) is 0. The standard InChI is InChI=1S/C16H19N5OS/c1-11(2)15-18-16(20-19-15)17-14(22)9-13(12-5-8-23-10-12)21-6-3-4-7-21/h3-8,10-11,13H,9H2,1-2H3,(H2,17,18,19,20,22)/t13-/m1/s1. The zero-order chi connectivity index (χ0) is 16.2. The summed E-state index contributed by atoms with van der Waals surface area (Å²) in [5.74, 6) is 1.23. The molecular formula is C16H19N5OS. The first-order valence-corrected chi connectivity index (χ1v) is 8.44. The fourth-order valence-electron chi connectivity index (χ4n) is 2.36. The monoisotopic (exact) mass is 329 g/mol. The van der Waals surface area contributed by atoms with Crippen LogP contribution in [0.4, 0.5) is 5.95 Å². The second kappa shape index (κ2) is 6.78. The molecule has 7 heteroatoms. The van der Waals surface area contributed by atoms with Gasteiger partial charge in [-0.15, -0.1) is 5.10 Å². The maximum atomic E-state index is 12.4. The number of hydrogen-bond acceptors (Lipinski definition) is 4. The van der Waals surface area contributed by atoms with E-state index in [1.165, 1.54) is 0 Å². The highest BCUT2D eigenvalue weighted by molar-refractivity contribution is 7.08. The Balaban J connectivity index is 1.71. The summed E-state index contributed by atoms with van der Waals surface area (Å²) in [5.41, 5.74) is 1.12. The number of rotatable bonds is 6. The molecule has 0 bridgehead atoms. The van der Waals surface area contributed by atoms with Gasteiger partial charge in [0.25, 0.3) is 0 Å². The Morgan fingerprint density at radius 1 is 1.39 bits per heavy atom. The maximum absolute atomic E-state index is 12.4. The van der Waals surface area contributed by atoms with Crippen molar-refractivity contribution < 1.29 is 4.79 Å². The lowest BCUT2D eigenvalue weighted by Gasteiger charge is -2.17. The Morgan fingerprint density at radius 3 is 2.78 bits per heavy atom. The molecule has 6 nitrogen and oxygen atoms in total. The average Bonchev–Trinajstić information content (AvgIpc) is 3.26. The predicted octanol–water partition coefficient (Wildman–Crippen LogP) is 3.41. The molecule has 0 aromatic carbocycles. The van der Waals surface area contributed by atoms with Crippen LogP contribution in [0.5, 0.6) is 0 Å². The molecular weight excluding hydrogens is 310 g/mol. The van der Waals surface area contributed by atoms with Gasteiger partial charge in [0.05, 0.1) is 12.5 Å². The van der Waals surface area contributed by atoms with Crippen molar-refractivity contribution in [2.75, 3.05) is 5.32 Å². The van der Waals surface area contributed by atoms with Crippen molar-refractivity contribution in [2.24, 2.45) is 0 Å². The van der Waals surface area contributed by atoms with E-state index in [0.29, 0.717) is 12.4 Å². The zero-order valence-electron chi connectivity index (χ0n) is 13.1. The quantitative estimate of drug-likeness (QED) is 0.727. The smallest absolute Gasteiger partial charge is 0.248 e. The lowest BCUT2D eigenvalue weighted by Crippen LogP contribution is -2.19. The summed E-state index contributed by atoms with van der Waals surface area (Å²) in [5, 5.41) is 13.7. The van der Waals surface area contributed by atoms with Crippen LogP contribution >= 0.6 is 11.3 Å². The predicted molar refractivity (Wildman–Crippen MR) is 90.6 cm³/mol. The van der Waals surface area contributed by atoms with Gasteiger partial charge in [0.15, 0.2) is 0 Å². The Labute approximate surface area is 138 Å². The minimum atomic E-state index is -0.107. The number of aromatic nitrogens is 4. The fourth-order valence-corrected chi connectivity index (χ4v) is 3.06. The van der Waals surface area contributed by atoms with Crippen LogP contribution in [0.15, 0.2) is 41.4 Å². The van der Waals surface area contributed by atoms with E-state index in [-0.39, 0.29) is 17.9 Å². The minimum absolute atomic E-state index is 0.0280. The number of carbonyl (C=O) groups is 1. The molecule has 1 atom stereocenters. The molecule has 0 aliphatic heterocycles. The van der Waals surface area contributed by atoms with E-state index in [1.807, 2.05) is 54.4 Å². The molecule has 0 radical (unpaired) electrons. The number of nitrogens with one attached hydrogen (secondary N) is 2. The van der Waals surface area contributed by atoms with E-state index in [1.54, 1.807) is 11.3 Å². The van der Waals surface area contributed by atoms with E-state index in [2.05, 4.69) is 25.9 Å². The Morgan fingerprint density at radius 2 is 2.17 bits per heavy atom. The summed E-state index contributed by atoms with van der Waals surface area (Å²) in [6, 6.07) is 5.94.